The average Bonchev–Trinajstić information content (AvgIpc) is 3.31. The molecule has 0 aliphatic carbocycles. The van der Waals surface area contributed by atoms with E-state index in [4.69, 9.17) is 21.3 Å². The van der Waals surface area contributed by atoms with Crippen LogP contribution < -0.4 is 9.64 Å². The number of nitrogens with zero attached hydrogens (tertiary/aromatic N) is 7. The quantitative estimate of drug-likeness (QED) is 0.430. The second-order valence-electron chi connectivity index (χ2n) is 9.56. The van der Waals surface area contributed by atoms with E-state index in [1.54, 1.807) is 13.3 Å². The van der Waals surface area contributed by atoms with Crippen LogP contribution in [0.15, 0.2) is 43.0 Å². The summed E-state index contributed by atoms with van der Waals surface area (Å²) in [5.41, 5.74) is 4.72. The molecule has 0 unspecified atom stereocenters. The van der Waals surface area contributed by atoms with Crippen LogP contribution in [0.5, 0.6) is 5.75 Å². The summed E-state index contributed by atoms with van der Waals surface area (Å²) in [5.74, 6) is 0.625. The van der Waals surface area contributed by atoms with E-state index in [1.165, 1.54) is 39.0 Å². The molecule has 0 bridgehead atoms. The summed E-state index contributed by atoms with van der Waals surface area (Å²) in [7, 11) is 3.84. The summed E-state index contributed by atoms with van der Waals surface area (Å²) in [4.78, 5) is 16.9. The van der Waals surface area contributed by atoms with Crippen molar-refractivity contribution in [3.8, 4) is 16.9 Å². The number of aromatic nitrogens is 4. The van der Waals surface area contributed by atoms with E-state index in [0.717, 1.165) is 46.5 Å². The van der Waals surface area contributed by atoms with E-state index >= 15 is 0 Å². The lowest BCUT2D eigenvalue weighted by Gasteiger charge is -2.42. The maximum atomic E-state index is 6.32. The van der Waals surface area contributed by atoms with Crippen molar-refractivity contribution in [1.29, 1.82) is 0 Å². The third kappa shape index (κ3) is 4.20. The van der Waals surface area contributed by atoms with Gasteiger partial charge in [0.25, 0.3) is 0 Å². The Bertz CT molecular complexity index is 1360. The molecule has 35 heavy (non-hydrogen) atoms. The molecule has 5 heterocycles. The number of fused-ring (bicyclic) bond motifs is 2. The number of hydrogen-bond acceptors (Lipinski definition) is 7. The van der Waals surface area contributed by atoms with E-state index in [2.05, 4.69) is 38.0 Å². The lowest BCUT2D eigenvalue weighted by atomic mass is 10.0. The summed E-state index contributed by atoms with van der Waals surface area (Å²) in [6.07, 6.45) is 10.1. The topological polar surface area (TPSA) is 62.0 Å². The number of rotatable bonds is 4. The van der Waals surface area contributed by atoms with Crippen molar-refractivity contribution in [2.24, 2.45) is 0 Å². The fourth-order valence-corrected chi connectivity index (χ4v) is 5.67. The lowest BCUT2D eigenvalue weighted by molar-refractivity contribution is 0.0982. The van der Waals surface area contributed by atoms with Gasteiger partial charge in [-0.15, -0.1) is 0 Å². The maximum absolute atomic E-state index is 6.32. The van der Waals surface area contributed by atoms with E-state index in [-0.39, 0.29) is 0 Å². The van der Waals surface area contributed by atoms with Crippen LogP contribution in [-0.4, -0.2) is 88.8 Å². The first-order chi connectivity index (χ1) is 17.1. The van der Waals surface area contributed by atoms with Gasteiger partial charge in [-0.3, -0.25) is 9.88 Å². The van der Waals surface area contributed by atoms with E-state index in [0.29, 0.717) is 16.8 Å². The molecule has 1 aromatic carbocycles. The molecule has 4 aromatic rings. The molecule has 2 aliphatic rings. The second-order valence-corrected chi connectivity index (χ2v) is 9.97. The summed E-state index contributed by atoms with van der Waals surface area (Å²) in [6.45, 7) is 6.82. The fraction of sp³-hybridized carbons (Fsp3) is 0.423. The van der Waals surface area contributed by atoms with Crippen molar-refractivity contribution in [1.82, 2.24) is 29.4 Å². The number of halogens is 1. The Kier molecular flexibility index (Phi) is 5.96. The van der Waals surface area contributed by atoms with Gasteiger partial charge in [0.1, 0.15) is 5.75 Å². The van der Waals surface area contributed by atoms with Crippen LogP contribution in [0.3, 0.4) is 0 Å². The Labute approximate surface area is 210 Å². The van der Waals surface area contributed by atoms with Crippen LogP contribution in [-0.2, 0) is 0 Å². The number of hydrogen-bond donors (Lipinski definition) is 0. The van der Waals surface area contributed by atoms with Gasteiger partial charge in [-0.25, -0.2) is 9.50 Å². The zero-order valence-electron chi connectivity index (χ0n) is 20.2. The maximum Gasteiger partial charge on any atom is 0.162 e. The average molecular weight is 492 g/mol. The first-order valence-corrected chi connectivity index (χ1v) is 12.6. The molecule has 0 amide bonds. The fourth-order valence-electron chi connectivity index (χ4n) is 5.43. The van der Waals surface area contributed by atoms with E-state index in [1.807, 2.05) is 35.1 Å². The lowest BCUT2D eigenvalue weighted by Crippen LogP contribution is -2.52. The first kappa shape index (κ1) is 22.5. The normalized spacial score (nSPS) is 18.5. The Morgan fingerprint density at radius 3 is 2.54 bits per heavy atom. The van der Waals surface area contributed by atoms with Crippen molar-refractivity contribution in [2.75, 3.05) is 58.3 Å². The van der Waals surface area contributed by atoms with Gasteiger partial charge < -0.3 is 14.5 Å². The zero-order chi connectivity index (χ0) is 23.9. The Morgan fingerprint density at radius 1 is 0.971 bits per heavy atom. The number of piperazine rings is 1. The molecule has 2 saturated heterocycles. The molecule has 0 atom stereocenters. The van der Waals surface area contributed by atoms with Crippen LogP contribution in [0.25, 0.3) is 27.7 Å². The monoisotopic (exact) mass is 491 g/mol. The smallest absolute Gasteiger partial charge is 0.162 e. The molecule has 2 fully saturated rings. The van der Waals surface area contributed by atoms with Crippen molar-refractivity contribution in [2.45, 2.75) is 18.9 Å². The zero-order valence-corrected chi connectivity index (χ0v) is 20.9. The van der Waals surface area contributed by atoms with Gasteiger partial charge in [-0.2, -0.15) is 5.10 Å². The van der Waals surface area contributed by atoms with Crippen molar-refractivity contribution >= 4 is 33.8 Å². The highest BCUT2D eigenvalue weighted by Gasteiger charge is 2.27. The van der Waals surface area contributed by atoms with Gasteiger partial charge in [0.2, 0.25) is 0 Å². The predicted octanol–water partition coefficient (Wildman–Crippen LogP) is 3.82. The standard InChI is InChI=1S/C26H30ClN7O/c1-31-9-11-33(12-10-31)18-4-7-32(8-5-18)19-15-29-26-22(16-30-34(26)17-19)20-3-6-28-24-14-23(27)25(35-2)13-21(20)24/h3,6,13-18H,4-5,7-12H2,1-2H3. The summed E-state index contributed by atoms with van der Waals surface area (Å²) in [6, 6.07) is 6.45. The highest BCUT2D eigenvalue weighted by Crippen LogP contribution is 2.36. The molecule has 9 heteroatoms. The number of methoxy groups -OCH3 is 1. The minimum atomic E-state index is 0.545. The highest BCUT2D eigenvalue weighted by molar-refractivity contribution is 6.33. The van der Waals surface area contributed by atoms with Gasteiger partial charge in [0.15, 0.2) is 5.65 Å². The third-order valence-electron chi connectivity index (χ3n) is 7.53. The molecule has 8 nitrogen and oxygen atoms in total. The van der Waals surface area contributed by atoms with Crippen LogP contribution in [0.4, 0.5) is 5.69 Å². The number of anilines is 1. The molecular formula is C26H30ClN7O. The molecule has 182 valence electrons. The van der Waals surface area contributed by atoms with Gasteiger partial charge in [-0.05, 0) is 43.7 Å². The van der Waals surface area contributed by atoms with E-state index in [9.17, 15) is 0 Å². The summed E-state index contributed by atoms with van der Waals surface area (Å²) < 4.78 is 7.33. The predicted molar refractivity (Wildman–Crippen MR) is 140 cm³/mol. The van der Waals surface area contributed by atoms with Crippen LogP contribution >= 0.6 is 11.6 Å². The third-order valence-corrected chi connectivity index (χ3v) is 7.83. The minimum absolute atomic E-state index is 0.545. The molecule has 2 aliphatic heterocycles. The highest BCUT2D eigenvalue weighted by atomic mass is 35.5. The minimum Gasteiger partial charge on any atom is -0.495 e. The number of pyridine rings is 1. The number of benzene rings is 1. The van der Waals surface area contributed by atoms with Crippen LogP contribution in [0.1, 0.15) is 12.8 Å². The van der Waals surface area contributed by atoms with Crippen molar-refractivity contribution < 1.29 is 4.74 Å². The molecule has 0 N–H and O–H groups in total. The van der Waals surface area contributed by atoms with Gasteiger partial charge >= 0.3 is 0 Å². The van der Waals surface area contributed by atoms with Gasteiger partial charge in [0.05, 0.1) is 41.9 Å². The molecule has 6 rings (SSSR count). The molecule has 3 aromatic heterocycles. The van der Waals surface area contributed by atoms with Gasteiger partial charge in [-0.1, -0.05) is 11.6 Å². The second kappa shape index (κ2) is 9.26. The van der Waals surface area contributed by atoms with Crippen molar-refractivity contribution in [3.63, 3.8) is 0 Å². The number of likely N-dealkylation sites (N-methyl/N-ethyl adjacent to an activating group) is 1. The molecule has 0 radical (unpaired) electrons. The number of ether oxygens (including phenoxy) is 1. The summed E-state index contributed by atoms with van der Waals surface area (Å²) in [5, 5.41) is 6.15. The Balaban J connectivity index is 1.24. The van der Waals surface area contributed by atoms with E-state index < -0.39 is 0 Å². The number of piperidine rings is 1. The Hall–Kier alpha value is -2.94. The molecule has 0 saturated carbocycles. The van der Waals surface area contributed by atoms with Crippen LogP contribution in [0, 0.1) is 0 Å². The van der Waals surface area contributed by atoms with Gasteiger partial charge in [0, 0.05) is 62.5 Å². The SMILES string of the molecule is COc1cc2c(-c3cnn4cc(N5CCC(N6CCN(C)CC6)CC5)cnc34)ccnc2cc1Cl. The first-order valence-electron chi connectivity index (χ1n) is 12.2. The summed E-state index contributed by atoms with van der Waals surface area (Å²) >= 11 is 6.32. The molecule has 0 spiro atoms. The largest absolute Gasteiger partial charge is 0.495 e. The van der Waals surface area contributed by atoms with Crippen molar-refractivity contribution in [3.05, 3.63) is 48.0 Å². The molecular weight excluding hydrogens is 462 g/mol. The Morgan fingerprint density at radius 2 is 1.77 bits per heavy atom. The van der Waals surface area contributed by atoms with Crippen LogP contribution in [0.2, 0.25) is 5.02 Å².